The molecule has 0 radical (unpaired) electrons. The van der Waals surface area contributed by atoms with Crippen LogP contribution >= 0.6 is 0 Å². The van der Waals surface area contributed by atoms with Gasteiger partial charge < -0.3 is 0 Å². The number of pyridine rings is 6. The molecule has 22 aromatic rings. The molecule has 22 rings (SSSR count). The maximum absolute atomic E-state index is 5.27. The number of fused-ring (bicyclic) bond motifs is 8. The average molecular weight is 1570 g/mol. The van der Waals surface area contributed by atoms with E-state index in [0.29, 0.717) is 23.3 Å². The molecule has 8 aromatic heterocycles. The number of rotatable bonds is 15. The van der Waals surface area contributed by atoms with Gasteiger partial charge in [-0.2, -0.15) is 0 Å². The summed E-state index contributed by atoms with van der Waals surface area (Å²) in [5.74, 6) is 2.51. The fourth-order valence-corrected chi connectivity index (χ4v) is 16.7. The summed E-state index contributed by atoms with van der Waals surface area (Å²) in [5.41, 5.74) is 30.6. The van der Waals surface area contributed by atoms with Gasteiger partial charge in [0, 0.05) is 113 Å². The Kier molecular flexibility index (Phi) is 19.6. The summed E-state index contributed by atoms with van der Waals surface area (Å²) in [5, 5.41) is 8.86. The van der Waals surface area contributed by atoms with Crippen LogP contribution in [0.5, 0.6) is 0 Å². The molecule has 0 saturated carbocycles. The first-order valence-electron chi connectivity index (χ1n) is 41.4. The molecule has 578 valence electrons. The second kappa shape index (κ2) is 32.5. The van der Waals surface area contributed by atoms with E-state index in [1.54, 1.807) is 0 Å². The fourth-order valence-electron chi connectivity index (χ4n) is 16.7. The molecule has 0 saturated heterocycles. The Hall–Kier alpha value is -16.4. The SMILES string of the molecule is CCc1cc(-c2ccccc2)c2ccc3ccc(-c4ccc(-c5ccc(-c6cc(-c7cccc(-c8cccc9ccncc89)c7)nc(-c7ccccc7)n6)cc5)cc4)nc3c2n1.Cc1cc(-c2ccccc2)c2ccc3ccc(-c4cccc(-c5cccc(-c6nc(-c7ccccc7)nc(-c7cccc(-c8cccc9cnccc89)c7)n6)c5)c4)nc3c2n1. The number of aryl methyl sites for hydroxylation is 2. The molecule has 0 unspecified atom stereocenters. The molecule has 0 aliphatic rings. The summed E-state index contributed by atoms with van der Waals surface area (Å²) in [4.78, 5) is 54.9. The molecule has 0 bridgehead atoms. The van der Waals surface area contributed by atoms with Gasteiger partial charge in [0.25, 0.3) is 0 Å². The summed E-state index contributed by atoms with van der Waals surface area (Å²) < 4.78 is 0. The van der Waals surface area contributed by atoms with Gasteiger partial charge in [-0.15, -0.1) is 0 Å². The topological polar surface area (TPSA) is 142 Å². The lowest BCUT2D eigenvalue weighted by atomic mass is 9.97. The van der Waals surface area contributed by atoms with Gasteiger partial charge in [0.2, 0.25) is 0 Å². The van der Waals surface area contributed by atoms with Gasteiger partial charge >= 0.3 is 0 Å². The van der Waals surface area contributed by atoms with Crippen molar-refractivity contribution in [3.05, 3.63) is 418 Å². The van der Waals surface area contributed by atoms with E-state index in [2.05, 4.69) is 351 Å². The van der Waals surface area contributed by atoms with Crippen LogP contribution in [-0.2, 0) is 6.42 Å². The van der Waals surface area contributed by atoms with Crippen molar-refractivity contribution in [1.82, 2.24) is 54.8 Å². The molecular weight excluding hydrogens is 1500 g/mol. The van der Waals surface area contributed by atoms with E-state index in [4.69, 9.17) is 44.9 Å². The summed E-state index contributed by atoms with van der Waals surface area (Å²) in [6, 6.07) is 133. The minimum Gasteiger partial charge on any atom is -0.264 e. The quantitative estimate of drug-likeness (QED) is 0.0906. The van der Waals surface area contributed by atoms with Crippen molar-refractivity contribution in [1.29, 1.82) is 0 Å². The monoisotopic (exact) mass is 1570 g/mol. The minimum atomic E-state index is 0.601. The van der Waals surface area contributed by atoms with Crippen LogP contribution in [0.25, 0.3) is 222 Å². The standard InChI is InChI=1S/C57H39N5.C55H36N6/c1-2-47-34-50(39-11-5-3-6-12-39)49-29-27-43-28-30-52(60-55(43)56(49)59-47)41-23-19-37(20-24-41)38-21-25-42(26-22-38)53-35-54(62-57(61-53)44-13-7-4-8-14-44)46-17-9-16-45(33-46)48-18-10-15-40-31-32-58-36-51(40)48;1-35-30-49(36-12-4-2-5-13-36)48-26-24-37-25-27-50(58-51(37)52(48)57-35)42-19-8-16-39(31-42)40-17-9-20-43(32-40)54-59-53(38-14-6-3-7-15-38)60-55(61-54)44-21-10-18-41(33-44)46-23-11-22-45-34-56-29-28-47(45)46/h3-36H,2H2,1H3;2-34H,1H3. The Labute approximate surface area is 711 Å². The highest BCUT2D eigenvalue weighted by molar-refractivity contribution is 6.11. The van der Waals surface area contributed by atoms with Gasteiger partial charge in [-0.25, -0.2) is 34.9 Å². The summed E-state index contributed by atoms with van der Waals surface area (Å²) >= 11 is 0. The maximum Gasteiger partial charge on any atom is 0.164 e. The highest BCUT2D eigenvalue weighted by atomic mass is 15.0. The number of nitrogens with zero attached hydrogens (tertiary/aromatic N) is 11. The molecule has 0 spiro atoms. The Morgan fingerprint density at radius 3 is 1.17 bits per heavy atom. The van der Waals surface area contributed by atoms with Crippen molar-refractivity contribution >= 4 is 65.2 Å². The van der Waals surface area contributed by atoms with Crippen LogP contribution < -0.4 is 0 Å². The van der Waals surface area contributed by atoms with Gasteiger partial charge in [0.15, 0.2) is 23.3 Å². The van der Waals surface area contributed by atoms with Crippen LogP contribution in [0.15, 0.2) is 407 Å². The minimum absolute atomic E-state index is 0.601. The van der Waals surface area contributed by atoms with Crippen molar-refractivity contribution < 1.29 is 0 Å². The summed E-state index contributed by atoms with van der Waals surface area (Å²) in [6.07, 6.45) is 8.37. The van der Waals surface area contributed by atoms with Crippen molar-refractivity contribution in [3.8, 4) is 157 Å². The van der Waals surface area contributed by atoms with E-state index in [1.807, 2.05) is 79.4 Å². The zero-order chi connectivity index (χ0) is 82.1. The third kappa shape index (κ3) is 14.9. The fraction of sp³-hybridized carbons (Fsp3) is 0.0268. The number of aromatic nitrogens is 11. The van der Waals surface area contributed by atoms with Crippen molar-refractivity contribution in [2.75, 3.05) is 0 Å². The number of benzene rings is 14. The number of hydrogen-bond acceptors (Lipinski definition) is 11. The van der Waals surface area contributed by atoms with E-state index >= 15 is 0 Å². The second-order valence-electron chi connectivity index (χ2n) is 30.8. The third-order valence-electron chi connectivity index (χ3n) is 23.0. The first-order valence-corrected chi connectivity index (χ1v) is 41.4. The van der Waals surface area contributed by atoms with E-state index in [9.17, 15) is 0 Å². The molecule has 0 aliphatic carbocycles. The summed E-state index contributed by atoms with van der Waals surface area (Å²) in [7, 11) is 0. The van der Waals surface area contributed by atoms with E-state index < -0.39 is 0 Å². The molecule has 14 aromatic carbocycles. The first kappa shape index (κ1) is 74.2. The lowest BCUT2D eigenvalue weighted by Crippen LogP contribution is -2.00. The highest BCUT2D eigenvalue weighted by Gasteiger charge is 2.21. The van der Waals surface area contributed by atoms with Crippen LogP contribution in [0, 0.1) is 6.92 Å². The molecule has 11 heteroatoms. The van der Waals surface area contributed by atoms with E-state index in [0.717, 1.165) is 206 Å². The molecule has 8 heterocycles. The lowest BCUT2D eigenvalue weighted by molar-refractivity contribution is 1.06. The molecule has 0 fully saturated rings. The molecule has 0 amide bonds. The Bertz CT molecular complexity index is 7770. The lowest BCUT2D eigenvalue weighted by Gasteiger charge is -2.12. The van der Waals surface area contributed by atoms with Crippen LogP contribution in [0.3, 0.4) is 0 Å². The van der Waals surface area contributed by atoms with Crippen LogP contribution in [0.2, 0.25) is 0 Å². The van der Waals surface area contributed by atoms with Crippen LogP contribution in [0.4, 0.5) is 0 Å². The third-order valence-corrected chi connectivity index (χ3v) is 23.0. The van der Waals surface area contributed by atoms with Gasteiger partial charge in [-0.1, -0.05) is 322 Å². The van der Waals surface area contributed by atoms with Gasteiger partial charge in [0.05, 0.1) is 44.8 Å². The van der Waals surface area contributed by atoms with Crippen molar-refractivity contribution in [3.63, 3.8) is 0 Å². The molecule has 0 aliphatic heterocycles. The average Bonchev–Trinajstić information content (AvgIpc) is 0.755. The number of hydrogen-bond donors (Lipinski definition) is 0. The smallest absolute Gasteiger partial charge is 0.164 e. The maximum atomic E-state index is 5.27. The van der Waals surface area contributed by atoms with Gasteiger partial charge in [-0.3, -0.25) is 19.9 Å². The highest BCUT2D eigenvalue weighted by Crippen LogP contribution is 2.41. The molecule has 0 atom stereocenters. The molecule has 0 N–H and O–H groups in total. The zero-order valence-electron chi connectivity index (χ0n) is 67.3. The van der Waals surface area contributed by atoms with Gasteiger partial charge in [-0.05, 0) is 158 Å². The summed E-state index contributed by atoms with van der Waals surface area (Å²) in [6.45, 7) is 4.21. The molecule has 123 heavy (non-hydrogen) atoms. The Morgan fingerprint density at radius 2 is 0.593 bits per heavy atom. The largest absolute Gasteiger partial charge is 0.264 e. The van der Waals surface area contributed by atoms with Gasteiger partial charge in [0.1, 0.15) is 0 Å². The molecular formula is C112H75N11. The second-order valence-corrected chi connectivity index (χ2v) is 30.8. The normalized spacial score (nSPS) is 11.4. The van der Waals surface area contributed by atoms with Crippen LogP contribution in [0.1, 0.15) is 18.3 Å². The first-order chi connectivity index (χ1) is 60.8. The zero-order valence-corrected chi connectivity index (χ0v) is 67.3. The van der Waals surface area contributed by atoms with Crippen molar-refractivity contribution in [2.45, 2.75) is 20.3 Å². The predicted molar refractivity (Wildman–Crippen MR) is 504 cm³/mol. The van der Waals surface area contributed by atoms with E-state index in [1.165, 1.54) is 11.1 Å². The van der Waals surface area contributed by atoms with E-state index in [-0.39, 0.29) is 0 Å². The van der Waals surface area contributed by atoms with Crippen molar-refractivity contribution in [2.24, 2.45) is 0 Å². The Balaban J connectivity index is 0.000000151. The molecule has 11 nitrogen and oxygen atoms in total. The Morgan fingerprint density at radius 1 is 0.195 bits per heavy atom. The predicted octanol–water partition coefficient (Wildman–Crippen LogP) is 27.8. The van der Waals surface area contributed by atoms with Crippen LogP contribution in [-0.4, -0.2) is 54.8 Å².